The van der Waals surface area contributed by atoms with E-state index in [1.165, 1.54) is 6.92 Å². The van der Waals surface area contributed by atoms with E-state index < -0.39 is 6.17 Å². The molecule has 18 heavy (non-hydrogen) atoms. The highest BCUT2D eigenvalue weighted by atomic mass is 19.1. The Kier molecular flexibility index (Phi) is 3.48. The van der Waals surface area contributed by atoms with Crippen LogP contribution in [0.3, 0.4) is 0 Å². The highest BCUT2D eigenvalue weighted by Gasteiger charge is 2.39. The number of ether oxygens (including phenoxy) is 2. The van der Waals surface area contributed by atoms with Crippen molar-refractivity contribution < 1.29 is 13.9 Å². The summed E-state index contributed by atoms with van der Waals surface area (Å²) in [6.07, 6.45) is 1.71. The highest BCUT2D eigenvalue weighted by molar-refractivity contribution is 5.48. The standard InChI is InChI=1S/C14H20FNO2/c1-9(15)11-7-12(17-2)10(6-13(11)18-3)8-14(16)4-5-14/h6-7,9H,4-5,8,16H2,1-3H3. The summed E-state index contributed by atoms with van der Waals surface area (Å²) >= 11 is 0. The van der Waals surface area contributed by atoms with Crippen LogP contribution in [-0.4, -0.2) is 19.8 Å². The van der Waals surface area contributed by atoms with Gasteiger partial charge in [-0.3, -0.25) is 0 Å². The molecule has 1 atom stereocenters. The smallest absolute Gasteiger partial charge is 0.126 e. The Morgan fingerprint density at radius 3 is 2.33 bits per heavy atom. The van der Waals surface area contributed by atoms with Crippen molar-refractivity contribution >= 4 is 0 Å². The van der Waals surface area contributed by atoms with Gasteiger partial charge in [0.2, 0.25) is 0 Å². The van der Waals surface area contributed by atoms with E-state index in [2.05, 4.69) is 0 Å². The molecule has 1 saturated carbocycles. The minimum atomic E-state index is -1.09. The van der Waals surface area contributed by atoms with Gasteiger partial charge >= 0.3 is 0 Å². The van der Waals surface area contributed by atoms with E-state index in [0.29, 0.717) is 17.1 Å². The predicted octanol–water partition coefficient (Wildman–Crippen LogP) is 2.77. The SMILES string of the molecule is COc1cc(C(C)F)c(OC)cc1CC1(N)CC1. The van der Waals surface area contributed by atoms with Gasteiger partial charge in [0.1, 0.15) is 17.7 Å². The van der Waals surface area contributed by atoms with Crippen LogP contribution >= 0.6 is 0 Å². The lowest BCUT2D eigenvalue weighted by molar-refractivity contribution is 0.341. The Hall–Kier alpha value is -1.29. The summed E-state index contributed by atoms with van der Waals surface area (Å²) in [5, 5.41) is 0. The number of hydrogen-bond acceptors (Lipinski definition) is 3. The van der Waals surface area contributed by atoms with Gasteiger partial charge in [0, 0.05) is 11.1 Å². The molecule has 2 rings (SSSR count). The fourth-order valence-electron chi connectivity index (χ4n) is 2.15. The summed E-state index contributed by atoms with van der Waals surface area (Å²) in [4.78, 5) is 0. The Balaban J connectivity index is 2.38. The largest absolute Gasteiger partial charge is 0.496 e. The molecule has 0 saturated heterocycles. The molecule has 2 N–H and O–H groups in total. The number of alkyl halides is 1. The van der Waals surface area contributed by atoms with E-state index in [1.54, 1.807) is 20.3 Å². The maximum Gasteiger partial charge on any atom is 0.126 e. The van der Waals surface area contributed by atoms with E-state index in [9.17, 15) is 4.39 Å². The molecule has 4 heteroatoms. The Bertz CT molecular complexity index is 442. The van der Waals surface area contributed by atoms with Crippen LogP contribution in [0, 0.1) is 0 Å². The minimum Gasteiger partial charge on any atom is -0.496 e. The van der Waals surface area contributed by atoms with Gasteiger partial charge in [0.25, 0.3) is 0 Å². The fourth-order valence-corrected chi connectivity index (χ4v) is 2.15. The predicted molar refractivity (Wildman–Crippen MR) is 68.9 cm³/mol. The third-order valence-corrected chi connectivity index (χ3v) is 3.50. The van der Waals surface area contributed by atoms with E-state index in [0.717, 1.165) is 24.8 Å². The van der Waals surface area contributed by atoms with Gasteiger partial charge in [-0.1, -0.05) is 0 Å². The van der Waals surface area contributed by atoms with Gasteiger partial charge in [0.05, 0.1) is 14.2 Å². The van der Waals surface area contributed by atoms with Gasteiger partial charge in [-0.2, -0.15) is 0 Å². The molecule has 1 aromatic carbocycles. The maximum atomic E-state index is 13.5. The van der Waals surface area contributed by atoms with Crippen molar-refractivity contribution in [1.82, 2.24) is 0 Å². The summed E-state index contributed by atoms with van der Waals surface area (Å²) in [5.41, 5.74) is 7.51. The Labute approximate surface area is 107 Å². The summed E-state index contributed by atoms with van der Waals surface area (Å²) in [5.74, 6) is 1.25. The van der Waals surface area contributed by atoms with Gasteiger partial charge in [-0.15, -0.1) is 0 Å². The maximum absolute atomic E-state index is 13.5. The molecule has 1 fully saturated rings. The van der Waals surface area contributed by atoms with Crippen LogP contribution in [0.15, 0.2) is 12.1 Å². The first-order valence-electron chi connectivity index (χ1n) is 6.17. The molecule has 0 aliphatic heterocycles. The molecule has 1 aliphatic carbocycles. The normalized spacial score (nSPS) is 18.3. The zero-order chi connectivity index (χ0) is 13.3. The van der Waals surface area contributed by atoms with Crippen molar-refractivity contribution in [3.8, 4) is 11.5 Å². The lowest BCUT2D eigenvalue weighted by Crippen LogP contribution is -2.24. The zero-order valence-corrected chi connectivity index (χ0v) is 11.1. The highest BCUT2D eigenvalue weighted by Crippen LogP contribution is 2.41. The average molecular weight is 253 g/mol. The third-order valence-electron chi connectivity index (χ3n) is 3.50. The molecule has 0 spiro atoms. The number of hydrogen-bond donors (Lipinski definition) is 1. The number of methoxy groups -OCH3 is 2. The quantitative estimate of drug-likeness (QED) is 0.877. The molecule has 0 bridgehead atoms. The van der Waals surface area contributed by atoms with Crippen LogP contribution in [-0.2, 0) is 6.42 Å². The molecule has 0 aromatic heterocycles. The summed E-state index contributed by atoms with van der Waals surface area (Å²) in [6.45, 7) is 1.49. The van der Waals surface area contributed by atoms with Crippen molar-refractivity contribution in [3.05, 3.63) is 23.3 Å². The average Bonchev–Trinajstić information content (AvgIpc) is 3.05. The van der Waals surface area contributed by atoms with E-state index in [-0.39, 0.29) is 5.54 Å². The van der Waals surface area contributed by atoms with Crippen molar-refractivity contribution in [2.24, 2.45) is 5.73 Å². The van der Waals surface area contributed by atoms with Crippen molar-refractivity contribution in [2.45, 2.75) is 37.9 Å². The van der Waals surface area contributed by atoms with Gasteiger partial charge in [0.15, 0.2) is 0 Å². The number of benzene rings is 1. The Morgan fingerprint density at radius 1 is 1.28 bits per heavy atom. The monoisotopic (exact) mass is 253 g/mol. The number of halogens is 1. The topological polar surface area (TPSA) is 44.5 Å². The van der Waals surface area contributed by atoms with Crippen molar-refractivity contribution in [2.75, 3.05) is 14.2 Å². The molecule has 3 nitrogen and oxygen atoms in total. The van der Waals surface area contributed by atoms with Crippen LogP contribution in [0.1, 0.15) is 37.1 Å². The third kappa shape index (κ3) is 2.58. The van der Waals surface area contributed by atoms with E-state index in [4.69, 9.17) is 15.2 Å². The summed E-state index contributed by atoms with van der Waals surface area (Å²) in [6, 6.07) is 3.56. The second-order valence-electron chi connectivity index (χ2n) is 5.06. The first-order chi connectivity index (χ1) is 8.49. The molecule has 1 aromatic rings. The second-order valence-corrected chi connectivity index (χ2v) is 5.06. The molecule has 1 aliphatic rings. The van der Waals surface area contributed by atoms with Crippen LogP contribution in [0.25, 0.3) is 0 Å². The fraction of sp³-hybridized carbons (Fsp3) is 0.571. The first-order valence-corrected chi connectivity index (χ1v) is 6.17. The molecule has 0 radical (unpaired) electrons. The lowest BCUT2D eigenvalue weighted by atomic mass is 9.99. The number of rotatable bonds is 5. The van der Waals surface area contributed by atoms with Gasteiger partial charge in [-0.25, -0.2) is 4.39 Å². The molecule has 0 amide bonds. The minimum absolute atomic E-state index is 0.110. The summed E-state index contributed by atoms with van der Waals surface area (Å²) < 4.78 is 24.1. The van der Waals surface area contributed by atoms with Gasteiger partial charge < -0.3 is 15.2 Å². The van der Waals surface area contributed by atoms with Crippen LogP contribution in [0.2, 0.25) is 0 Å². The molecule has 100 valence electrons. The van der Waals surface area contributed by atoms with E-state index in [1.807, 2.05) is 6.07 Å². The number of nitrogens with two attached hydrogens (primary N) is 1. The summed E-state index contributed by atoms with van der Waals surface area (Å²) in [7, 11) is 3.14. The molecular weight excluding hydrogens is 233 g/mol. The van der Waals surface area contributed by atoms with E-state index >= 15 is 0 Å². The Morgan fingerprint density at radius 2 is 1.89 bits per heavy atom. The van der Waals surface area contributed by atoms with Crippen molar-refractivity contribution in [1.29, 1.82) is 0 Å². The van der Waals surface area contributed by atoms with Crippen LogP contribution in [0.5, 0.6) is 11.5 Å². The molecule has 0 heterocycles. The second kappa shape index (κ2) is 4.76. The van der Waals surface area contributed by atoms with Crippen LogP contribution in [0.4, 0.5) is 4.39 Å². The molecular formula is C14H20FNO2. The van der Waals surface area contributed by atoms with Crippen molar-refractivity contribution in [3.63, 3.8) is 0 Å². The molecule has 1 unspecified atom stereocenters. The van der Waals surface area contributed by atoms with Crippen LogP contribution < -0.4 is 15.2 Å². The van der Waals surface area contributed by atoms with Gasteiger partial charge in [-0.05, 0) is 43.9 Å². The lowest BCUT2D eigenvalue weighted by Gasteiger charge is -2.17. The first kappa shape index (κ1) is 13.1. The zero-order valence-electron chi connectivity index (χ0n) is 11.1.